The van der Waals surface area contributed by atoms with Gasteiger partial charge in [0.2, 0.25) is 5.13 Å². The zero-order chi connectivity index (χ0) is 17.2. The van der Waals surface area contributed by atoms with Crippen LogP contribution < -0.4 is 9.75 Å². The van der Waals surface area contributed by atoms with Crippen molar-refractivity contribution in [3.05, 3.63) is 76.8 Å². The Morgan fingerprint density at radius 2 is 1.84 bits per heavy atom. The molecular formula is C20H19N3OS. The van der Waals surface area contributed by atoms with Crippen LogP contribution in [0.4, 0.5) is 5.13 Å². The molecule has 0 amide bonds. The quantitative estimate of drug-likeness (QED) is 0.678. The van der Waals surface area contributed by atoms with Crippen molar-refractivity contribution in [3.63, 3.8) is 0 Å². The van der Waals surface area contributed by atoms with Gasteiger partial charge in [-0.25, -0.2) is 9.99 Å². The van der Waals surface area contributed by atoms with E-state index in [0.717, 1.165) is 34.3 Å². The van der Waals surface area contributed by atoms with Crippen LogP contribution in [0.1, 0.15) is 29.3 Å². The van der Waals surface area contributed by atoms with Crippen molar-refractivity contribution in [1.29, 1.82) is 0 Å². The molecule has 4 nitrogen and oxygen atoms in total. The molecule has 0 fully saturated rings. The van der Waals surface area contributed by atoms with E-state index in [2.05, 4.69) is 51.8 Å². The van der Waals surface area contributed by atoms with Crippen LogP contribution in [0.5, 0.6) is 5.75 Å². The second-order valence-electron chi connectivity index (χ2n) is 6.02. The molecule has 0 N–H and O–H groups in total. The number of aromatic nitrogens is 1. The molecule has 126 valence electrons. The molecule has 1 atom stereocenters. The van der Waals surface area contributed by atoms with E-state index >= 15 is 0 Å². The molecule has 1 aliphatic heterocycles. The van der Waals surface area contributed by atoms with Crippen LogP contribution >= 0.6 is 11.3 Å². The Labute approximate surface area is 151 Å². The third-order valence-electron chi connectivity index (χ3n) is 4.32. The van der Waals surface area contributed by atoms with E-state index < -0.39 is 0 Å². The van der Waals surface area contributed by atoms with Crippen LogP contribution in [0, 0.1) is 6.92 Å². The molecule has 0 radical (unpaired) electrons. The van der Waals surface area contributed by atoms with Gasteiger partial charge in [-0.15, -0.1) is 11.3 Å². The first-order valence-corrected chi connectivity index (χ1v) is 9.11. The summed E-state index contributed by atoms with van der Waals surface area (Å²) in [5.74, 6) is 0.856. The van der Waals surface area contributed by atoms with Crippen molar-refractivity contribution in [2.45, 2.75) is 19.4 Å². The first-order chi connectivity index (χ1) is 12.2. The summed E-state index contributed by atoms with van der Waals surface area (Å²) in [7, 11) is 1.68. The first-order valence-electron chi connectivity index (χ1n) is 8.23. The zero-order valence-electron chi connectivity index (χ0n) is 14.2. The molecule has 0 spiro atoms. The van der Waals surface area contributed by atoms with Gasteiger partial charge in [0.25, 0.3) is 0 Å². The second-order valence-corrected chi connectivity index (χ2v) is 6.86. The summed E-state index contributed by atoms with van der Waals surface area (Å²) in [5.41, 5.74) is 4.48. The van der Waals surface area contributed by atoms with Gasteiger partial charge in [0.1, 0.15) is 5.75 Å². The van der Waals surface area contributed by atoms with Crippen molar-refractivity contribution in [3.8, 4) is 5.75 Å². The summed E-state index contributed by atoms with van der Waals surface area (Å²) < 4.78 is 5.26. The van der Waals surface area contributed by atoms with Gasteiger partial charge in [0, 0.05) is 11.8 Å². The highest BCUT2D eigenvalue weighted by Gasteiger charge is 2.31. The molecule has 0 saturated carbocycles. The molecule has 1 aliphatic rings. The maximum Gasteiger partial charge on any atom is 0.206 e. The number of nitrogens with zero attached hydrogens (tertiary/aromatic N) is 3. The number of anilines is 1. The molecule has 2 heterocycles. The highest BCUT2D eigenvalue weighted by atomic mass is 32.1. The van der Waals surface area contributed by atoms with Crippen molar-refractivity contribution in [2.24, 2.45) is 5.10 Å². The standard InChI is InChI=1S/C20H19N3OS/c1-14-13-25-20(21-14)23-19(16-6-4-3-5-7-16)12-18(22-23)15-8-10-17(24-2)11-9-15/h3-11,13,19H,12H2,1-2H3/t19-/m1/s1. The first kappa shape index (κ1) is 15.8. The Hall–Kier alpha value is -2.66. The van der Waals surface area contributed by atoms with Crippen LogP contribution in [-0.4, -0.2) is 17.8 Å². The number of ether oxygens (including phenoxy) is 1. The van der Waals surface area contributed by atoms with Gasteiger partial charge in [0.15, 0.2) is 0 Å². The van der Waals surface area contributed by atoms with Crippen molar-refractivity contribution in [1.82, 2.24) is 4.98 Å². The fraction of sp³-hybridized carbons (Fsp3) is 0.200. The summed E-state index contributed by atoms with van der Waals surface area (Å²) in [6.45, 7) is 2.02. The summed E-state index contributed by atoms with van der Waals surface area (Å²) in [6.07, 6.45) is 0.856. The fourth-order valence-electron chi connectivity index (χ4n) is 3.03. The number of methoxy groups -OCH3 is 1. The number of hydrazone groups is 1. The summed E-state index contributed by atoms with van der Waals surface area (Å²) in [4.78, 5) is 4.64. The minimum atomic E-state index is 0.170. The predicted molar refractivity (Wildman–Crippen MR) is 103 cm³/mol. The number of benzene rings is 2. The number of thiazole rings is 1. The highest BCUT2D eigenvalue weighted by molar-refractivity contribution is 7.13. The summed E-state index contributed by atoms with van der Waals surface area (Å²) in [6, 6.07) is 18.8. The molecule has 5 heteroatoms. The van der Waals surface area contributed by atoms with Crippen molar-refractivity contribution in [2.75, 3.05) is 12.1 Å². The van der Waals surface area contributed by atoms with Gasteiger partial charge in [-0.2, -0.15) is 5.10 Å². The van der Waals surface area contributed by atoms with Crippen molar-refractivity contribution >= 4 is 22.2 Å². The third kappa shape index (κ3) is 3.15. The molecular weight excluding hydrogens is 330 g/mol. The van der Waals surface area contributed by atoms with E-state index in [0.29, 0.717) is 0 Å². The summed E-state index contributed by atoms with van der Waals surface area (Å²) in [5, 5.41) is 9.98. The van der Waals surface area contributed by atoms with Gasteiger partial charge in [-0.05, 0) is 42.3 Å². The molecule has 0 unspecified atom stereocenters. The topological polar surface area (TPSA) is 37.7 Å². The number of aryl methyl sites for hydroxylation is 1. The van der Waals surface area contributed by atoms with Crippen LogP contribution in [0.25, 0.3) is 0 Å². The number of hydrogen-bond acceptors (Lipinski definition) is 5. The van der Waals surface area contributed by atoms with Gasteiger partial charge in [-0.3, -0.25) is 0 Å². The summed E-state index contributed by atoms with van der Waals surface area (Å²) >= 11 is 1.64. The maximum atomic E-state index is 5.26. The lowest BCUT2D eigenvalue weighted by Gasteiger charge is -2.21. The molecule has 0 bridgehead atoms. The Morgan fingerprint density at radius 3 is 2.48 bits per heavy atom. The molecule has 4 rings (SSSR count). The normalized spacial score (nSPS) is 16.8. The maximum absolute atomic E-state index is 5.26. The third-order valence-corrected chi connectivity index (χ3v) is 5.27. The zero-order valence-corrected chi connectivity index (χ0v) is 15.0. The van der Waals surface area contributed by atoms with Crippen LogP contribution in [0.2, 0.25) is 0 Å². The Bertz CT molecular complexity index is 887. The van der Waals surface area contributed by atoms with Crippen LogP contribution in [0.15, 0.2) is 65.1 Å². The SMILES string of the molecule is COc1ccc(C2=NN(c3nc(C)cs3)[C@@H](c3ccccc3)C2)cc1. The lowest BCUT2D eigenvalue weighted by molar-refractivity contribution is 0.415. The molecule has 25 heavy (non-hydrogen) atoms. The average Bonchev–Trinajstić information content (AvgIpc) is 3.29. The predicted octanol–water partition coefficient (Wildman–Crippen LogP) is 4.82. The number of rotatable bonds is 4. The van der Waals surface area contributed by atoms with E-state index in [4.69, 9.17) is 9.84 Å². The molecule has 0 aliphatic carbocycles. The molecule has 1 aromatic heterocycles. The Morgan fingerprint density at radius 1 is 1.08 bits per heavy atom. The fourth-order valence-corrected chi connectivity index (χ4v) is 3.83. The Balaban J connectivity index is 1.71. The van der Waals surface area contributed by atoms with Gasteiger partial charge < -0.3 is 4.74 Å². The number of hydrogen-bond donors (Lipinski definition) is 0. The van der Waals surface area contributed by atoms with Gasteiger partial charge in [0.05, 0.1) is 24.6 Å². The van der Waals surface area contributed by atoms with E-state index in [1.165, 1.54) is 5.56 Å². The largest absolute Gasteiger partial charge is 0.497 e. The van der Waals surface area contributed by atoms with E-state index in [-0.39, 0.29) is 6.04 Å². The van der Waals surface area contributed by atoms with E-state index in [1.807, 2.05) is 25.1 Å². The highest BCUT2D eigenvalue weighted by Crippen LogP contribution is 2.38. The van der Waals surface area contributed by atoms with E-state index in [9.17, 15) is 0 Å². The van der Waals surface area contributed by atoms with E-state index in [1.54, 1.807) is 18.4 Å². The smallest absolute Gasteiger partial charge is 0.206 e. The van der Waals surface area contributed by atoms with Crippen LogP contribution in [0.3, 0.4) is 0 Å². The van der Waals surface area contributed by atoms with Crippen LogP contribution in [-0.2, 0) is 0 Å². The monoisotopic (exact) mass is 349 g/mol. The second kappa shape index (κ2) is 6.69. The van der Waals surface area contributed by atoms with Gasteiger partial charge in [-0.1, -0.05) is 30.3 Å². The molecule has 0 saturated heterocycles. The minimum absolute atomic E-state index is 0.170. The molecule has 3 aromatic rings. The van der Waals surface area contributed by atoms with Gasteiger partial charge >= 0.3 is 0 Å². The van der Waals surface area contributed by atoms with Crippen molar-refractivity contribution < 1.29 is 4.74 Å². The molecule has 2 aromatic carbocycles. The Kier molecular flexibility index (Phi) is 4.24. The average molecular weight is 349 g/mol. The lowest BCUT2D eigenvalue weighted by atomic mass is 9.98. The lowest BCUT2D eigenvalue weighted by Crippen LogP contribution is -2.18. The minimum Gasteiger partial charge on any atom is -0.497 e.